The molecule has 2 unspecified atom stereocenters. The van der Waals surface area contributed by atoms with E-state index >= 15 is 0 Å². The second-order valence-corrected chi connectivity index (χ2v) is 29.3. The minimum absolute atomic E-state index is 0. The molecule has 0 aromatic heterocycles. The van der Waals surface area contributed by atoms with Crippen molar-refractivity contribution in [3.63, 3.8) is 0 Å². The van der Waals surface area contributed by atoms with E-state index in [0.717, 1.165) is 117 Å². The Morgan fingerprint density at radius 2 is 0.608 bits per heavy atom. The molecule has 2 heterocycles. The van der Waals surface area contributed by atoms with Gasteiger partial charge in [-0.25, -0.2) is 0 Å². The summed E-state index contributed by atoms with van der Waals surface area (Å²) in [7, 11) is 12.4. The number of carbonyl (C=O) groups is 2. The number of hydrogen-bond donors (Lipinski definition) is 14. The summed E-state index contributed by atoms with van der Waals surface area (Å²) in [6, 6.07) is 38.0. The van der Waals surface area contributed by atoms with Gasteiger partial charge in [0.05, 0.1) is 141 Å². The number of ether oxygens (including phenoxy) is 10. The number of aromatic hydroxyl groups is 1. The molecule has 2 saturated heterocycles. The first kappa shape index (κ1) is 121. The molecule has 9 aromatic carbocycles. The Labute approximate surface area is 807 Å². The molecule has 2 fully saturated rings. The maximum atomic E-state index is 10.5. The Morgan fingerprint density at radius 3 is 0.838 bits per heavy atom. The van der Waals surface area contributed by atoms with Crippen molar-refractivity contribution in [2.45, 2.75) is 149 Å². The average Bonchev–Trinajstić information content (AvgIpc) is 1.33. The second-order valence-electron chi connectivity index (χ2n) is 28.1. The Kier molecular flexibility index (Phi) is 60.8. The van der Waals surface area contributed by atoms with Crippen LogP contribution in [0.25, 0.3) is 6.08 Å². The SMILES string of the molecule is BrCc1ccccc1.C=CC(O)c1cc(CO)c(C)c(OC)c1.C=CC(O)c1cc(CO)c(C)c(OC)c1.C=C[C@H](O)c1cc(CO)c(C)c(OC)c1.COc1cc(/C=C/CBr)cc(CO)c1C.COc1cc(C=O)cc(CO)c1C.COc1cc(C=O)cc(CO)c1O.COc1cc([C@H](O)[C@@H]2CO2)cc(CO)c1C.COc1cc([C@H](O)[C@@H]2CO2)cc(CO)c1C.[Br-].[CH-]=C.[Mg+2]. The number of rotatable bonds is 31. The number of carbonyl (C=O) groups excluding carboxylic acids is 2. The van der Waals surface area contributed by atoms with Crippen LogP contribution in [-0.4, -0.2) is 195 Å². The van der Waals surface area contributed by atoms with Crippen molar-refractivity contribution < 1.29 is 145 Å². The number of hydrogen-bond acceptors (Lipinski definition) is 26. The van der Waals surface area contributed by atoms with E-state index in [9.17, 15) is 55.5 Å². The molecule has 2 aliphatic heterocycles. The van der Waals surface area contributed by atoms with E-state index in [-0.39, 0.29) is 122 Å². The third-order valence-corrected chi connectivity index (χ3v) is 21.2. The van der Waals surface area contributed by atoms with Crippen molar-refractivity contribution in [3.8, 4) is 51.7 Å². The first-order valence-corrected chi connectivity index (χ1v) is 42.2. The Morgan fingerprint density at radius 1 is 0.377 bits per heavy atom. The number of allylic oxidation sites excluding steroid dienone is 1. The number of aliphatic hydroxyl groups is 13. The van der Waals surface area contributed by atoms with Crippen LogP contribution in [0.1, 0.15) is 174 Å². The summed E-state index contributed by atoms with van der Waals surface area (Å²) in [6.07, 6.45) is 5.97. The summed E-state index contributed by atoms with van der Waals surface area (Å²) in [4.78, 5) is 21.0. The van der Waals surface area contributed by atoms with Crippen LogP contribution in [0.15, 0.2) is 178 Å². The molecule has 11 rings (SSSR count). The van der Waals surface area contributed by atoms with Gasteiger partial charge in [0.15, 0.2) is 11.5 Å². The van der Waals surface area contributed by atoms with Crippen molar-refractivity contribution in [1.29, 1.82) is 0 Å². The zero-order valence-electron chi connectivity index (χ0n) is 76.6. The maximum Gasteiger partial charge on any atom is 2.00 e. The second kappa shape index (κ2) is 65.4. The zero-order chi connectivity index (χ0) is 96.4. The van der Waals surface area contributed by atoms with E-state index in [1.54, 1.807) is 115 Å². The summed E-state index contributed by atoms with van der Waals surface area (Å²) >= 11 is 6.68. The molecule has 14 N–H and O–H groups in total. The summed E-state index contributed by atoms with van der Waals surface area (Å²) in [6.45, 7) is 31.2. The Balaban J connectivity index is 0.00000144. The number of aldehydes is 2. The molecule has 0 saturated carbocycles. The summed E-state index contributed by atoms with van der Waals surface area (Å²) in [5.74, 6) is 4.86. The fraction of sp³-hybridized carbons (Fsp3) is 0.340. The predicted molar refractivity (Wildman–Crippen MR) is 509 cm³/mol. The van der Waals surface area contributed by atoms with Gasteiger partial charge in [-0.1, -0.05) is 123 Å². The van der Waals surface area contributed by atoms with Crippen molar-refractivity contribution in [1.82, 2.24) is 0 Å². The van der Waals surface area contributed by atoms with Gasteiger partial charge < -0.3 is 142 Å². The van der Waals surface area contributed by atoms with Crippen LogP contribution in [0.5, 0.6) is 51.7 Å². The average molecular weight is 2010 g/mol. The molecule has 130 heavy (non-hydrogen) atoms. The number of phenols is 1. The molecule has 0 spiro atoms. The van der Waals surface area contributed by atoms with E-state index in [1.165, 1.54) is 50.1 Å². The summed E-state index contributed by atoms with van der Waals surface area (Å²) < 4.78 is 51.1. The molecule has 0 radical (unpaired) electrons. The number of halogens is 3. The Hall–Kier alpha value is -9.17. The molecule has 30 heteroatoms. The third kappa shape index (κ3) is 37.8. The number of benzene rings is 9. The number of epoxide rings is 2. The molecule has 0 amide bonds. The van der Waals surface area contributed by atoms with E-state index in [4.69, 9.17) is 72.9 Å². The molecule has 706 valence electrons. The molecule has 7 atom stereocenters. The smallest absolute Gasteiger partial charge is 1.00 e. The quantitative estimate of drug-likeness (QED) is 0.00479. The minimum Gasteiger partial charge on any atom is -1.00 e. The Bertz CT molecular complexity index is 4430. The number of aliphatic hydroxyl groups excluding tert-OH is 13. The van der Waals surface area contributed by atoms with Gasteiger partial charge in [-0.3, -0.25) is 16.2 Å². The van der Waals surface area contributed by atoms with Crippen LogP contribution in [0.2, 0.25) is 0 Å². The van der Waals surface area contributed by atoms with Crippen molar-refractivity contribution in [2.24, 2.45) is 0 Å². The topological polar surface area (TPSA) is 416 Å². The molecule has 26 nitrogen and oxygen atoms in total. The zero-order valence-corrected chi connectivity index (χ0v) is 82.8. The molecular weight excluding hydrogens is 1880 g/mol. The van der Waals surface area contributed by atoms with Gasteiger partial charge >= 0.3 is 23.1 Å². The first-order valence-electron chi connectivity index (χ1n) is 40.0. The molecule has 0 aliphatic carbocycles. The van der Waals surface area contributed by atoms with E-state index in [0.29, 0.717) is 81.8 Å². The largest absolute Gasteiger partial charge is 2.00 e. The standard InChI is InChI=1S/C12H15BrO2.2C12H16O4.3C12H16O3.C10H12O3.C9H10O4.C7H7Br.C2H3.BrH.Mg/c1-9-11(8-14)6-10(4-3-5-13)7-12(9)15-2;2*1-7-9(5-13)3-8(4-10(7)15-2)12(14)11-6-16-11;3*1-4-11(14)9-5-10(7-13)8(2)12(6-9)15-3;1-7-9(6-12)3-8(5-11)4-10(7)13-2;1-13-8-3-6(4-10)2-7(5-11)9(8)12;8-6-7-4-2-1-3-5-7;1-2;;/h3-4,6-7,14H,5,8H2,1-2H3;2*3-4,11-14H,5-6H2,1-2H3;3*4-6,11,13-14H,1,7H2,2-3H3;3-5,12H,6H2,1-2H3;2-4,11-12H,5H2,1H3;1-5H,6H2;1H,2H2;1H;/q;;;;;;;;;-1;;+2/p-1/b4-3+;;;;;;;;;;;/t;2*11-,12-;11-;;;;;;;;/m.000......../s1. The van der Waals surface area contributed by atoms with E-state index in [1.807, 2.05) is 91.0 Å². The van der Waals surface area contributed by atoms with Gasteiger partial charge in [-0.2, -0.15) is 0 Å². The van der Waals surface area contributed by atoms with Crippen molar-refractivity contribution >= 4 is 73.6 Å². The fourth-order valence-electron chi connectivity index (χ4n) is 12.1. The van der Waals surface area contributed by atoms with Crippen LogP contribution in [0.4, 0.5) is 0 Å². The monoisotopic (exact) mass is 2000 g/mol. The number of methoxy groups -OCH3 is 8. The normalized spacial score (nSPS) is 13.1. The van der Waals surface area contributed by atoms with E-state index < -0.39 is 30.5 Å². The molecular formula is C100H127Br3MgO26. The van der Waals surface area contributed by atoms with Gasteiger partial charge in [-0.05, 0) is 232 Å². The maximum absolute atomic E-state index is 10.5. The van der Waals surface area contributed by atoms with Crippen molar-refractivity contribution in [2.75, 3.05) is 75.4 Å². The van der Waals surface area contributed by atoms with Crippen molar-refractivity contribution in [3.05, 3.63) is 318 Å². The van der Waals surface area contributed by atoms with Gasteiger partial charge in [-0.15, -0.1) is 19.7 Å². The fourth-order valence-corrected chi connectivity index (χ4v) is 12.7. The third-order valence-electron chi connectivity index (χ3n) is 20.2. The van der Waals surface area contributed by atoms with E-state index in [2.05, 4.69) is 76.9 Å². The van der Waals surface area contributed by atoms with Gasteiger partial charge in [0.25, 0.3) is 0 Å². The number of alkyl halides is 2. The van der Waals surface area contributed by atoms with Crippen LogP contribution < -0.4 is 54.9 Å². The predicted octanol–water partition coefficient (Wildman–Crippen LogP) is 11.7. The van der Waals surface area contributed by atoms with Crippen LogP contribution in [0.3, 0.4) is 0 Å². The minimum atomic E-state index is -0.732. The van der Waals surface area contributed by atoms with Crippen LogP contribution in [-0.2, 0) is 67.7 Å². The van der Waals surface area contributed by atoms with Gasteiger partial charge in [0.2, 0.25) is 0 Å². The van der Waals surface area contributed by atoms with Gasteiger partial charge in [0.1, 0.15) is 77.2 Å². The van der Waals surface area contributed by atoms with Gasteiger partial charge in [0, 0.05) is 27.4 Å². The van der Waals surface area contributed by atoms with Crippen LogP contribution >= 0.6 is 31.9 Å². The first-order chi connectivity index (χ1) is 61.3. The molecule has 0 bridgehead atoms. The summed E-state index contributed by atoms with van der Waals surface area (Å²) in [5.41, 5.74) is 18.8. The molecule has 2 aliphatic rings. The molecule has 9 aromatic rings. The van der Waals surface area contributed by atoms with Crippen LogP contribution in [0, 0.1) is 55.0 Å². The summed E-state index contributed by atoms with van der Waals surface area (Å²) in [5, 5.41) is 133.